The summed E-state index contributed by atoms with van der Waals surface area (Å²) in [6.07, 6.45) is 2.03. The number of fused-ring (bicyclic) bond motifs is 1. The summed E-state index contributed by atoms with van der Waals surface area (Å²) in [5.74, 6) is -3.77. The molecule has 2 rings (SSSR count). The van der Waals surface area contributed by atoms with Gasteiger partial charge in [0.15, 0.2) is 0 Å². The number of aromatic nitrogens is 1. The number of hydrogen-bond acceptors (Lipinski definition) is 6. The fourth-order valence-corrected chi connectivity index (χ4v) is 3.27. The molecule has 1 aromatic heterocycles. The first-order valence-corrected chi connectivity index (χ1v) is 10.6. The third kappa shape index (κ3) is 6.77. The van der Waals surface area contributed by atoms with Crippen LogP contribution < -0.4 is 21.7 Å². The van der Waals surface area contributed by atoms with Crippen LogP contribution in [-0.4, -0.2) is 69.7 Å². The molecule has 4 unspecified atom stereocenters. The monoisotopic (exact) mass is 461 g/mol. The number of aromatic amines is 1. The molecule has 0 bridgehead atoms. The van der Waals surface area contributed by atoms with Crippen molar-refractivity contribution in [3.05, 3.63) is 36.0 Å². The van der Waals surface area contributed by atoms with E-state index < -0.39 is 60.4 Å². The molecule has 11 heteroatoms. The Morgan fingerprint density at radius 3 is 2.27 bits per heavy atom. The Labute approximate surface area is 191 Å². The van der Waals surface area contributed by atoms with Crippen molar-refractivity contribution in [2.45, 2.75) is 51.4 Å². The molecule has 0 aliphatic carbocycles. The third-order valence-corrected chi connectivity index (χ3v) is 5.25. The van der Waals surface area contributed by atoms with E-state index in [1.165, 1.54) is 6.92 Å². The van der Waals surface area contributed by atoms with Gasteiger partial charge in [-0.2, -0.15) is 0 Å². The quantitative estimate of drug-likeness (QED) is 0.229. The van der Waals surface area contributed by atoms with Crippen LogP contribution in [0.5, 0.6) is 0 Å². The number of benzene rings is 1. The van der Waals surface area contributed by atoms with Crippen molar-refractivity contribution in [1.82, 2.24) is 20.9 Å². The lowest BCUT2D eigenvalue weighted by atomic mass is 10.0. The number of para-hydroxylation sites is 1. The van der Waals surface area contributed by atoms with Crippen LogP contribution in [0.1, 0.15) is 26.3 Å². The predicted molar refractivity (Wildman–Crippen MR) is 121 cm³/mol. The predicted octanol–water partition coefficient (Wildman–Crippen LogP) is -0.755. The molecule has 11 nitrogen and oxygen atoms in total. The lowest BCUT2D eigenvalue weighted by molar-refractivity contribution is -0.143. The standard InChI is InChI=1S/C22H31N5O6/c1-11(2)18(22(32)33)27-21(31)17(10-28)26-19(29)12(3)25-20(30)15(23)8-13-9-24-16-7-5-4-6-14(13)16/h4-7,9,11-12,15,17-18,24,28H,8,10,23H2,1-3H3,(H,25,30)(H,26,29)(H,27,31)(H,32,33). The zero-order valence-corrected chi connectivity index (χ0v) is 18.8. The first kappa shape index (κ1) is 25.8. The van der Waals surface area contributed by atoms with Gasteiger partial charge in [-0.1, -0.05) is 32.0 Å². The summed E-state index contributed by atoms with van der Waals surface area (Å²) >= 11 is 0. The summed E-state index contributed by atoms with van der Waals surface area (Å²) < 4.78 is 0. The molecule has 0 fully saturated rings. The van der Waals surface area contributed by atoms with E-state index in [1.54, 1.807) is 20.0 Å². The van der Waals surface area contributed by atoms with E-state index in [0.29, 0.717) is 0 Å². The van der Waals surface area contributed by atoms with Gasteiger partial charge in [0.05, 0.1) is 12.6 Å². The van der Waals surface area contributed by atoms with Crippen molar-refractivity contribution in [2.24, 2.45) is 11.7 Å². The number of nitrogens with two attached hydrogens (primary N) is 1. The van der Waals surface area contributed by atoms with E-state index in [4.69, 9.17) is 5.73 Å². The molecule has 1 heterocycles. The lowest BCUT2D eigenvalue weighted by Crippen LogP contribution is -2.58. The molecule has 0 saturated carbocycles. The summed E-state index contributed by atoms with van der Waals surface area (Å²) in [7, 11) is 0. The highest BCUT2D eigenvalue weighted by atomic mass is 16.4. The number of carbonyl (C=O) groups excluding carboxylic acids is 3. The molecule has 0 spiro atoms. The molecule has 4 atom stereocenters. The second kappa shape index (κ2) is 11.4. The van der Waals surface area contributed by atoms with Crippen LogP contribution in [-0.2, 0) is 25.6 Å². The zero-order valence-electron chi connectivity index (χ0n) is 18.8. The maximum absolute atomic E-state index is 12.5. The van der Waals surface area contributed by atoms with Crippen LogP contribution in [0, 0.1) is 5.92 Å². The fraction of sp³-hybridized carbons (Fsp3) is 0.455. The average molecular weight is 462 g/mol. The van der Waals surface area contributed by atoms with Gasteiger partial charge in [-0.05, 0) is 30.9 Å². The Hall–Kier alpha value is -3.44. The fourth-order valence-electron chi connectivity index (χ4n) is 3.27. The highest BCUT2D eigenvalue weighted by molar-refractivity contribution is 5.94. The Kier molecular flexibility index (Phi) is 8.94. The molecule has 0 saturated heterocycles. The summed E-state index contributed by atoms with van der Waals surface area (Å²) in [5.41, 5.74) is 7.80. The van der Waals surface area contributed by atoms with Crippen LogP contribution >= 0.6 is 0 Å². The maximum Gasteiger partial charge on any atom is 0.326 e. The number of aliphatic hydroxyl groups excluding tert-OH is 1. The third-order valence-electron chi connectivity index (χ3n) is 5.25. The molecule has 0 aliphatic rings. The van der Waals surface area contributed by atoms with Gasteiger partial charge in [0.1, 0.15) is 18.1 Å². The Bertz CT molecular complexity index is 1000. The van der Waals surface area contributed by atoms with E-state index in [9.17, 15) is 29.4 Å². The smallest absolute Gasteiger partial charge is 0.326 e. The first-order chi connectivity index (χ1) is 15.5. The number of carboxylic acid groups (broad SMARTS) is 1. The summed E-state index contributed by atoms with van der Waals surface area (Å²) in [6.45, 7) is 3.89. The second-order valence-corrected chi connectivity index (χ2v) is 8.21. The minimum absolute atomic E-state index is 0.248. The number of rotatable bonds is 11. The minimum atomic E-state index is -1.38. The highest BCUT2D eigenvalue weighted by Gasteiger charge is 2.29. The second-order valence-electron chi connectivity index (χ2n) is 8.21. The van der Waals surface area contributed by atoms with Gasteiger partial charge in [0.2, 0.25) is 17.7 Å². The van der Waals surface area contributed by atoms with Crippen LogP contribution in [0.2, 0.25) is 0 Å². The van der Waals surface area contributed by atoms with Crippen molar-refractivity contribution in [2.75, 3.05) is 6.61 Å². The molecule has 0 aliphatic heterocycles. The maximum atomic E-state index is 12.5. The van der Waals surface area contributed by atoms with E-state index in [0.717, 1.165) is 16.5 Å². The highest BCUT2D eigenvalue weighted by Crippen LogP contribution is 2.18. The lowest BCUT2D eigenvalue weighted by Gasteiger charge is -2.23. The number of hydrogen-bond donors (Lipinski definition) is 7. The molecule has 1 aromatic carbocycles. The number of amides is 3. The summed E-state index contributed by atoms with van der Waals surface area (Å²) in [6, 6.07) is 3.07. The SMILES string of the molecule is CC(NC(=O)C(N)Cc1c[nH]c2ccccc12)C(=O)NC(CO)C(=O)NC(C(=O)O)C(C)C. The minimum Gasteiger partial charge on any atom is -0.480 e. The van der Waals surface area contributed by atoms with Gasteiger partial charge in [-0.15, -0.1) is 0 Å². The Morgan fingerprint density at radius 1 is 1.00 bits per heavy atom. The zero-order chi connectivity index (χ0) is 24.7. The van der Waals surface area contributed by atoms with Crippen LogP contribution in [0.4, 0.5) is 0 Å². The van der Waals surface area contributed by atoms with Crippen molar-refractivity contribution in [1.29, 1.82) is 0 Å². The molecule has 33 heavy (non-hydrogen) atoms. The number of aliphatic hydroxyl groups is 1. The van der Waals surface area contributed by atoms with Gasteiger partial charge in [-0.25, -0.2) is 4.79 Å². The van der Waals surface area contributed by atoms with E-state index in [-0.39, 0.29) is 6.42 Å². The number of carboxylic acids is 1. The number of nitrogens with one attached hydrogen (secondary N) is 4. The van der Waals surface area contributed by atoms with Gasteiger partial charge >= 0.3 is 5.97 Å². The van der Waals surface area contributed by atoms with Crippen molar-refractivity contribution >= 4 is 34.6 Å². The van der Waals surface area contributed by atoms with Crippen LogP contribution in [0.3, 0.4) is 0 Å². The van der Waals surface area contributed by atoms with Crippen LogP contribution in [0.15, 0.2) is 30.5 Å². The van der Waals surface area contributed by atoms with E-state index >= 15 is 0 Å². The number of aliphatic carboxylic acids is 1. The Balaban J connectivity index is 1.92. The topological polar surface area (TPSA) is 187 Å². The van der Waals surface area contributed by atoms with Crippen molar-refractivity contribution in [3.8, 4) is 0 Å². The van der Waals surface area contributed by atoms with E-state index in [2.05, 4.69) is 20.9 Å². The van der Waals surface area contributed by atoms with Crippen molar-refractivity contribution in [3.63, 3.8) is 0 Å². The molecule has 2 aromatic rings. The normalized spacial score (nSPS) is 14.8. The van der Waals surface area contributed by atoms with Crippen LogP contribution in [0.25, 0.3) is 10.9 Å². The molecule has 180 valence electrons. The summed E-state index contributed by atoms with van der Waals surface area (Å²) in [5, 5.41) is 26.7. The number of H-pyrrole nitrogens is 1. The van der Waals surface area contributed by atoms with Crippen molar-refractivity contribution < 1.29 is 29.4 Å². The van der Waals surface area contributed by atoms with Gasteiger partial charge < -0.3 is 36.9 Å². The molecule has 0 radical (unpaired) electrons. The average Bonchev–Trinajstić information content (AvgIpc) is 3.17. The molecule has 8 N–H and O–H groups in total. The molecular formula is C22H31N5O6. The van der Waals surface area contributed by atoms with Gasteiger partial charge in [0.25, 0.3) is 0 Å². The van der Waals surface area contributed by atoms with E-state index in [1.807, 2.05) is 24.3 Å². The molecule has 3 amide bonds. The Morgan fingerprint density at radius 2 is 1.67 bits per heavy atom. The number of carbonyl (C=O) groups is 4. The summed E-state index contributed by atoms with van der Waals surface area (Å²) in [4.78, 5) is 51.6. The first-order valence-electron chi connectivity index (χ1n) is 10.6. The van der Waals surface area contributed by atoms with Gasteiger partial charge in [0, 0.05) is 17.1 Å². The largest absolute Gasteiger partial charge is 0.480 e. The van der Waals surface area contributed by atoms with Gasteiger partial charge in [-0.3, -0.25) is 14.4 Å². The molecular weight excluding hydrogens is 430 g/mol.